The fraction of sp³-hybridized carbons (Fsp3) is 0.562. The first-order valence-electron chi connectivity index (χ1n) is 7.52. The highest BCUT2D eigenvalue weighted by molar-refractivity contribution is 9.11. The molecular formula is C16H22Br2N2O. The number of amides is 1. The van der Waals surface area contributed by atoms with Crippen LogP contribution in [-0.2, 0) is 0 Å². The number of nitrogens with zero attached hydrogens (tertiary/aromatic N) is 1. The van der Waals surface area contributed by atoms with Crippen LogP contribution in [0.3, 0.4) is 0 Å². The molecule has 0 bridgehead atoms. The molecule has 2 rings (SSSR count). The molecule has 116 valence electrons. The van der Waals surface area contributed by atoms with Crippen molar-refractivity contribution in [2.24, 2.45) is 5.92 Å². The van der Waals surface area contributed by atoms with Crippen LogP contribution >= 0.6 is 31.9 Å². The van der Waals surface area contributed by atoms with Gasteiger partial charge in [-0.2, -0.15) is 0 Å². The van der Waals surface area contributed by atoms with Crippen molar-refractivity contribution in [2.75, 3.05) is 26.2 Å². The van der Waals surface area contributed by atoms with E-state index < -0.39 is 0 Å². The summed E-state index contributed by atoms with van der Waals surface area (Å²) in [6, 6.07) is 5.61. The molecule has 1 heterocycles. The highest BCUT2D eigenvalue weighted by atomic mass is 79.9. The number of benzene rings is 1. The fourth-order valence-electron chi connectivity index (χ4n) is 2.56. The van der Waals surface area contributed by atoms with Gasteiger partial charge in [0.2, 0.25) is 0 Å². The van der Waals surface area contributed by atoms with Crippen LogP contribution in [0.5, 0.6) is 0 Å². The standard InChI is InChI=1S/C16H22Br2N2O/c1-12-5-9-20(10-6-12)8-2-7-19-16(21)14-4-3-13(17)11-15(14)18/h3-4,11-12H,2,5-10H2,1H3,(H,19,21). The van der Waals surface area contributed by atoms with Gasteiger partial charge in [-0.25, -0.2) is 0 Å². The molecule has 1 amide bonds. The lowest BCUT2D eigenvalue weighted by atomic mass is 9.99. The van der Waals surface area contributed by atoms with E-state index in [-0.39, 0.29) is 5.91 Å². The highest BCUT2D eigenvalue weighted by Crippen LogP contribution is 2.21. The summed E-state index contributed by atoms with van der Waals surface area (Å²) in [7, 11) is 0. The predicted octanol–water partition coefficient (Wildman–Crippen LogP) is 4.06. The first-order chi connectivity index (χ1) is 10.1. The maximum absolute atomic E-state index is 12.1. The van der Waals surface area contributed by atoms with Crippen LogP contribution in [0.25, 0.3) is 0 Å². The Bertz CT molecular complexity index is 485. The molecule has 1 saturated heterocycles. The van der Waals surface area contributed by atoms with Crippen molar-refractivity contribution in [1.82, 2.24) is 10.2 Å². The van der Waals surface area contributed by atoms with Crippen LogP contribution in [0.15, 0.2) is 27.1 Å². The largest absolute Gasteiger partial charge is 0.352 e. The molecule has 1 fully saturated rings. The van der Waals surface area contributed by atoms with Crippen LogP contribution in [0.4, 0.5) is 0 Å². The third-order valence-corrected chi connectivity index (χ3v) is 5.14. The zero-order chi connectivity index (χ0) is 15.2. The Balaban J connectivity index is 1.69. The first kappa shape index (κ1) is 17.0. The van der Waals surface area contributed by atoms with E-state index in [4.69, 9.17) is 0 Å². The quantitative estimate of drug-likeness (QED) is 0.732. The van der Waals surface area contributed by atoms with Crippen molar-refractivity contribution in [3.8, 4) is 0 Å². The molecule has 1 aromatic carbocycles. The van der Waals surface area contributed by atoms with E-state index in [0.717, 1.165) is 34.4 Å². The molecular weight excluding hydrogens is 396 g/mol. The minimum atomic E-state index is -0.0124. The highest BCUT2D eigenvalue weighted by Gasteiger charge is 2.15. The Morgan fingerprint density at radius 1 is 1.33 bits per heavy atom. The van der Waals surface area contributed by atoms with E-state index in [1.807, 2.05) is 18.2 Å². The summed E-state index contributed by atoms with van der Waals surface area (Å²) in [4.78, 5) is 14.6. The molecule has 0 radical (unpaired) electrons. The zero-order valence-electron chi connectivity index (χ0n) is 12.4. The van der Waals surface area contributed by atoms with Crippen molar-refractivity contribution in [3.05, 3.63) is 32.7 Å². The van der Waals surface area contributed by atoms with Gasteiger partial charge >= 0.3 is 0 Å². The molecule has 3 nitrogen and oxygen atoms in total. The summed E-state index contributed by atoms with van der Waals surface area (Å²) in [6.45, 7) is 6.54. The van der Waals surface area contributed by atoms with Crippen molar-refractivity contribution >= 4 is 37.8 Å². The molecule has 0 saturated carbocycles. The summed E-state index contributed by atoms with van der Waals surface area (Å²) in [5, 5.41) is 3.00. The molecule has 1 aromatic rings. The van der Waals surface area contributed by atoms with Crippen LogP contribution in [0, 0.1) is 5.92 Å². The molecule has 0 aromatic heterocycles. The normalized spacial score (nSPS) is 16.9. The SMILES string of the molecule is CC1CCN(CCCNC(=O)c2ccc(Br)cc2Br)CC1. The van der Waals surface area contributed by atoms with E-state index in [0.29, 0.717) is 5.56 Å². The maximum Gasteiger partial charge on any atom is 0.252 e. The summed E-state index contributed by atoms with van der Waals surface area (Å²) >= 11 is 6.82. The Morgan fingerprint density at radius 2 is 2.05 bits per heavy atom. The van der Waals surface area contributed by atoms with E-state index in [1.165, 1.54) is 25.9 Å². The minimum absolute atomic E-state index is 0.0124. The Morgan fingerprint density at radius 3 is 2.71 bits per heavy atom. The minimum Gasteiger partial charge on any atom is -0.352 e. The third-order valence-electron chi connectivity index (χ3n) is 3.99. The molecule has 0 spiro atoms. The molecule has 21 heavy (non-hydrogen) atoms. The number of halogens is 2. The smallest absolute Gasteiger partial charge is 0.252 e. The second-order valence-electron chi connectivity index (χ2n) is 5.76. The number of piperidine rings is 1. The molecule has 1 aliphatic heterocycles. The van der Waals surface area contributed by atoms with Crippen LogP contribution in [-0.4, -0.2) is 37.0 Å². The van der Waals surface area contributed by atoms with Gasteiger partial charge in [-0.05, 0) is 78.9 Å². The van der Waals surface area contributed by atoms with Gasteiger partial charge in [0.25, 0.3) is 5.91 Å². The maximum atomic E-state index is 12.1. The topological polar surface area (TPSA) is 32.3 Å². The lowest BCUT2D eigenvalue weighted by Gasteiger charge is -2.30. The first-order valence-corrected chi connectivity index (χ1v) is 9.10. The van der Waals surface area contributed by atoms with E-state index in [2.05, 4.69) is 49.0 Å². The molecule has 0 aliphatic carbocycles. The van der Waals surface area contributed by atoms with Crippen LogP contribution < -0.4 is 5.32 Å². The number of likely N-dealkylation sites (tertiary alicyclic amines) is 1. The second kappa shape index (κ2) is 8.30. The average molecular weight is 418 g/mol. The average Bonchev–Trinajstić information content (AvgIpc) is 2.45. The second-order valence-corrected chi connectivity index (χ2v) is 7.53. The van der Waals surface area contributed by atoms with Crippen molar-refractivity contribution < 1.29 is 4.79 Å². The predicted molar refractivity (Wildman–Crippen MR) is 93.6 cm³/mol. The number of carbonyl (C=O) groups is 1. The number of nitrogens with one attached hydrogen (secondary N) is 1. The fourth-order valence-corrected chi connectivity index (χ4v) is 3.79. The molecule has 0 atom stereocenters. The summed E-state index contributed by atoms with van der Waals surface area (Å²) in [5.41, 5.74) is 0.685. The Labute approximate surface area is 143 Å². The number of hydrogen-bond donors (Lipinski definition) is 1. The molecule has 5 heteroatoms. The summed E-state index contributed by atoms with van der Waals surface area (Å²) in [6.07, 6.45) is 3.62. The van der Waals surface area contributed by atoms with Crippen molar-refractivity contribution in [3.63, 3.8) is 0 Å². The van der Waals surface area contributed by atoms with Gasteiger partial charge in [-0.15, -0.1) is 0 Å². The molecule has 1 N–H and O–H groups in total. The third kappa shape index (κ3) is 5.38. The number of carbonyl (C=O) groups excluding carboxylic acids is 1. The number of rotatable bonds is 5. The van der Waals surface area contributed by atoms with E-state index >= 15 is 0 Å². The summed E-state index contributed by atoms with van der Waals surface area (Å²) < 4.78 is 1.78. The number of hydrogen-bond acceptors (Lipinski definition) is 2. The molecule has 0 unspecified atom stereocenters. The lowest BCUT2D eigenvalue weighted by molar-refractivity contribution is 0.0950. The van der Waals surface area contributed by atoms with Crippen molar-refractivity contribution in [2.45, 2.75) is 26.2 Å². The van der Waals surface area contributed by atoms with Crippen LogP contribution in [0.2, 0.25) is 0 Å². The van der Waals surface area contributed by atoms with Crippen LogP contribution in [0.1, 0.15) is 36.5 Å². The monoisotopic (exact) mass is 416 g/mol. The van der Waals surface area contributed by atoms with Gasteiger partial charge in [0.15, 0.2) is 0 Å². The van der Waals surface area contributed by atoms with Gasteiger partial charge in [-0.1, -0.05) is 22.9 Å². The van der Waals surface area contributed by atoms with Gasteiger partial charge in [0, 0.05) is 15.5 Å². The summed E-state index contributed by atoms with van der Waals surface area (Å²) in [5.74, 6) is 0.859. The van der Waals surface area contributed by atoms with Crippen molar-refractivity contribution in [1.29, 1.82) is 0 Å². The van der Waals surface area contributed by atoms with Gasteiger partial charge < -0.3 is 10.2 Å². The molecule has 1 aliphatic rings. The Hall–Kier alpha value is -0.390. The lowest BCUT2D eigenvalue weighted by Crippen LogP contribution is -2.35. The van der Waals surface area contributed by atoms with Gasteiger partial charge in [0.1, 0.15) is 0 Å². The Kier molecular flexibility index (Phi) is 6.71. The van der Waals surface area contributed by atoms with E-state index in [1.54, 1.807) is 0 Å². The zero-order valence-corrected chi connectivity index (χ0v) is 15.5. The van der Waals surface area contributed by atoms with E-state index in [9.17, 15) is 4.79 Å². The van der Waals surface area contributed by atoms with Gasteiger partial charge in [0.05, 0.1) is 5.56 Å². The van der Waals surface area contributed by atoms with Gasteiger partial charge in [-0.3, -0.25) is 4.79 Å².